The van der Waals surface area contributed by atoms with Gasteiger partial charge in [-0.15, -0.1) is 0 Å². The number of rotatable bonds is 7. The normalized spacial score (nSPS) is 13.1. The van der Waals surface area contributed by atoms with Crippen molar-refractivity contribution in [2.45, 2.75) is 40.0 Å². The third-order valence-corrected chi connectivity index (χ3v) is 4.14. The quantitative estimate of drug-likeness (QED) is 0.679. The van der Waals surface area contributed by atoms with Gasteiger partial charge in [0.05, 0.1) is 18.1 Å². The van der Waals surface area contributed by atoms with Crippen molar-refractivity contribution in [1.29, 1.82) is 10.5 Å². The minimum atomic E-state index is -2.73. The monoisotopic (exact) mass is 266 g/mol. The van der Waals surface area contributed by atoms with E-state index in [0.717, 1.165) is 0 Å². The number of nitrogens with zero attached hydrogens (tertiary/aromatic N) is 2. The van der Waals surface area contributed by atoms with Crippen molar-refractivity contribution in [1.82, 2.24) is 0 Å². The Bertz CT molecular complexity index is 418. The average molecular weight is 266 g/mol. The lowest BCUT2D eigenvalue weighted by molar-refractivity contribution is -0.166. The van der Waals surface area contributed by atoms with Crippen LogP contribution in [0.15, 0.2) is 0 Å². The molecule has 2 N–H and O–H groups in total. The van der Waals surface area contributed by atoms with Gasteiger partial charge in [-0.05, 0) is 24.7 Å². The predicted molar refractivity (Wildman–Crippen MR) is 65.7 cm³/mol. The topological polar surface area (TPSA) is 122 Å². The Morgan fingerprint density at radius 2 is 1.42 bits per heavy atom. The van der Waals surface area contributed by atoms with Gasteiger partial charge >= 0.3 is 11.9 Å². The second-order valence-electron chi connectivity index (χ2n) is 4.52. The van der Waals surface area contributed by atoms with E-state index in [1.807, 2.05) is 0 Å². The van der Waals surface area contributed by atoms with E-state index in [1.165, 1.54) is 6.07 Å². The summed E-state index contributed by atoms with van der Waals surface area (Å²) in [7, 11) is 0. The van der Waals surface area contributed by atoms with Crippen LogP contribution in [0.1, 0.15) is 40.0 Å². The van der Waals surface area contributed by atoms with E-state index in [0.29, 0.717) is 19.3 Å². The summed E-state index contributed by atoms with van der Waals surface area (Å²) >= 11 is 0. The van der Waals surface area contributed by atoms with E-state index in [2.05, 4.69) is 0 Å². The Hall–Kier alpha value is -2.08. The van der Waals surface area contributed by atoms with Crippen LogP contribution in [0.5, 0.6) is 0 Å². The van der Waals surface area contributed by atoms with Crippen molar-refractivity contribution < 1.29 is 19.8 Å². The highest BCUT2D eigenvalue weighted by atomic mass is 16.4. The van der Waals surface area contributed by atoms with Crippen LogP contribution in [0, 0.1) is 39.4 Å². The van der Waals surface area contributed by atoms with Crippen molar-refractivity contribution in [2.24, 2.45) is 16.7 Å². The van der Waals surface area contributed by atoms with E-state index >= 15 is 0 Å². The third kappa shape index (κ3) is 2.39. The van der Waals surface area contributed by atoms with Gasteiger partial charge in [-0.3, -0.25) is 0 Å². The first-order valence-corrected chi connectivity index (χ1v) is 6.10. The summed E-state index contributed by atoms with van der Waals surface area (Å²) in [5.74, 6) is -4.97. The molecule has 0 fully saturated rings. The summed E-state index contributed by atoms with van der Waals surface area (Å²) in [4.78, 5) is 22.7. The zero-order valence-corrected chi connectivity index (χ0v) is 11.3. The van der Waals surface area contributed by atoms with E-state index in [1.54, 1.807) is 26.8 Å². The summed E-state index contributed by atoms with van der Waals surface area (Å²) in [6.07, 6.45) is 1.30. The van der Waals surface area contributed by atoms with Gasteiger partial charge in [-0.25, -0.2) is 9.59 Å². The van der Waals surface area contributed by atoms with Crippen molar-refractivity contribution in [3.63, 3.8) is 0 Å². The number of hydrogen-bond donors (Lipinski definition) is 2. The highest BCUT2D eigenvalue weighted by Crippen LogP contribution is 2.47. The molecule has 0 saturated heterocycles. The van der Waals surface area contributed by atoms with Crippen molar-refractivity contribution in [3.8, 4) is 12.1 Å². The summed E-state index contributed by atoms with van der Waals surface area (Å²) in [5.41, 5.74) is -3.53. The molecule has 1 atom stereocenters. The molecule has 0 aromatic heterocycles. The van der Waals surface area contributed by atoms with Gasteiger partial charge in [0.1, 0.15) is 0 Å². The molecule has 0 heterocycles. The maximum absolute atomic E-state index is 11.3. The maximum atomic E-state index is 11.3. The molecule has 19 heavy (non-hydrogen) atoms. The molecule has 0 aliphatic heterocycles. The van der Waals surface area contributed by atoms with E-state index in [4.69, 9.17) is 5.26 Å². The largest absolute Gasteiger partial charge is 0.480 e. The van der Waals surface area contributed by atoms with Crippen LogP contribution < -0.4 is 0 Å². The molecule has 0 amide bonds. The summed E-state index contributed by atoms with van der Waals surface area (Å²) in [6.45, 7) is 5.30. The molecule has 0 aliphatic rings. The van der Waals surface area contributed by atoms with Crippen LogP contribution in [0.2, 0.25) is 0 Å². The standard InChI is InChI=1S/C13H18N2O4/c1-4-12(5-2,6-3)9(7-14)13(8-15,10(16)17)11(18)19/h9H,4-6H2,1-3H3,(H,16,17)(H,18,19). The van der Waals surface area contributed by atoms with Crippen LogP contribution >= 0.6 is 0 Å². The molecule has 0 aromatic carbocycles. The first kappa shape index (κ1) is 16.9. The molecule has 0 radical (unpaired) electrons. The molecule has 0 bridgehead atoms. The molecule has 6 nitrogen and oxygen atoms in total. The Kier molecular flexibility index (Phi) is 5.52. The second kappa shape index (κ2) is 6.19. The van der Waals surface area contributed by atoms with E-state index < -0.39 is 28.7 Å². The first-order chi connectivity index (χ1) is 8.82. The third-order valence-electron chi connectivity index (χ3n) is 4.14. The molecule has 0 rings (SSSR count). The minimum Gasteiger partial charge on any atom is -0.480 e. The molecule has 0 aliphatic carbocycles. The average Bonchev–Trinajstić information content (AvgIpc) is 2.39. The summed E-state index contributed by atoms with van der Waals surface area (Å²) in [5, 5.41) is 36.8. The SMILES string of the molecule is CCC(CC)(CC)C(C#N)C(C#N)(C(=O)O)C(=O)O. The number of hydrogen-bond acceptors (Lipinski definition) is 4. The van der Waals surface area contributed by atoms with Crippen molar-refractivity contribution in [2.75, 3.05) is 0 Å². The first-order valence-electron chi connectivity index (χ1n) is 6.10. The van der Waals surface area contributed by atoms with Gasteiger partial charge in [0, 0.05) is 0 Å². The van der Waals surface area contributed by atoms with E-state index in [9.17, 15) is 25.1 Å². The van der Waals surface area contributed by atoms with Gasteiger partial charge in [0.2, 0.25) is 0 Å². The van der Waals surface area contributed by atoms with Crippen molar-refractivity contribution in [3.05, 3.63) is 0 Å². The molecule has 1 unspecified atom stereocenters. The Morgan fingerprint density at radius 3 is 1.58 bits per heavy atom. The summed E-state index contributed by atoms with van der Waals surface area (Å²) in [6, 6.07) is 3.12. The minimum absolute atomic E-state index is 0.433. The maximum Gasteiger partial charge on any atom is 0.337 e. The number of nitriles is 2. The fourth-order valence-corrected chi connectivity index (χ4v) is 2.55. The van der Waals surface area contributed by atoms with E-state index in [-0.39, 0.29) is 0 Å². The zero-order valence-electron chi connectivity index (χ0n) is 11.3. The molecule has 0 spiro atoms. The lowest BCUT2D eigenvalue weighted by Crippen LogP contribution is -2.50. The van der Waals surface area contributed by atoms with Crippen LogP contribution in [-0.2, 0) is 9.59 Å². The number of carboxylic acids is 2. The lowest BCUT2D eigenvalue weighted by Gasteiger charge is -2.39. The van der Waals surface area contributed by atoms with Gasteiger partial charge in [-0.2, -0.15) is 10.5 Å². The highest BCUT2D eigenvalue weighted by molar-refractivity contribution is 6.02. The highest BCUT2D eigenvalue weighted by Gasteiger charge is 2.60. The molecule has 0 saturated carbocycles. The summed E-state index contributed by atoms with van der Waals surface area (Å²) < 4.78 is 0. The second-order valence-corrected chi connectivity index (χ2v) is 4.52. The number of carboxylic acid groups (broad SMARTS) is 2. The molecule has 104 valence electrons. The Morgan fingerprint density at radius 1 is 1.05 bits per heavy atom. The molecular weight excluding hydrogens is 248 g/mol. The zero-order chi connectivity index (χ0) is 15.3. The molecule has 0 aromatic rings. The van der Waals surface area contributed by atoms with Gasteiger partial charge < -0.3 is 10.2 Å². The Labute approximate surface area is 112 Å². The smallest absolute Gasteiger partial charge is 0.337 e. The fourth-order valence-electron chi connectivity index (χ4n) is 2.55. The van der Waals surface area contributed by atoms with Gasteiger partial charge in [-0.1, -0.05) is 20.8 Å². The van der Waals surface area contributed by atoms with Crippen LogP contribution in [0.25, 0.3) is 0 Å². The van der Waals surface area contributed by atoms with Crippen LogP contribution in [0.3, 0.4) is 0 Å². The fraction of sp³-hybridized carbons (Fsp3) is 0.692. The van der Waals surface area contributed by atoms with Crippen LogP contribution in [-0.4, -0.2) is 22.2 Å². The van der Waals surface area contributed by atoms with Crippen molar-refractivity contribution >= 4 is 11.9 Å². The Balaban J connectivity index is 6.21. The predicted octanol–water partition coefficient (Wildman–Crippen LogP) is 2.02. The van der Waals surface area contributed by atoms with Gasteiger partial charge in [0.25, 0.3) is 5.41 Å². The molecular formula is C13H18N2O4. The lowest BCUT2D eigenvalue weighted by atomic mass is 9.59. The number of aliphatic carboxylic acids is 2. The van der Waals surface area contributed by atoms with Gasteiger partial charge in [0.15, 0.2) is 0 Å². The molecule has 6 heteroatoms. The van der Waals surface area contributed by atoms with Crippen LogP contribution in [0.4, 0.5) is 0 Å². The number of carbonyl (C=O) groups is 2.